The Bertz CT molecular complexity index is 956. The fourth-order valence-electron chi connectivity index (χ4n) is 3.50. The summed E-state index contributed by atoms with van der Waals surface area (Å²) >= 11 is 0. The molecular formula is C26H29F3O2. The van der Waals surface area contributed by atoms with Gasteiger partial charge in [-0.25, -0.2) is 0 Å². The van der Waals surface area contributed by atoms with Crippen molar-refractivity contribution >= 4 is 0 Å². The van der Waals surface area contributed by atoms with E-state index in [-0.39, 0.29) is 0 Å². The molecule has 2 nitrogen and oxygen atoms in total. The van der Waals surface area contributed by atoms with E-state index in [0.29, 0.717) is 17.9 Å². The van der Waals surface area contributed by atoms with Crippen LogP contribution in [0.1, 0.15) is 55.6 Å². The molecule has 5 heteroatoms. The van der Waals surface area contributed by atoms with Gasteiger partial charge in [0.1, 0.15) is 17.3 Å². The van der Waals surface area contributed by atoms with Crippen molar-refractivity contribution in [2.24, 2.45) is 0 Å². The summed E-state index contributed by atoms with van der Waals surface area (Å²) in [7, 11) is 0. The van der Waals surface area contributed by atoms with E-state index in [0.717, 1.165) is 67.7 Å². The van der Waals surface area contributed by atoms with Crippen LogP contribution >= 0.6 is 0 Å². The minimum atomic E-state index is -4.34. The van der Waals surface area contributed by atoms with Crippen molar-refractivity contribution in [3.05, 3.63) is 77.0 Å². The summed E-state index contributed by atoms with van der Waals surface area (Å²) in [6.45, 7) is 4.84. The first kappa shape index (κ1) is 23.0. The molecule has 0 fully saturated rings. The predicted octanol–water partition coefficient (Wildman–Crippen LogP) is 7.88. The van der Waals surface area contributed by atoms with Crippen molar-refractivity contribution in [1.82, 2.24) is 0 Å². The number of alkyl halides is 3. The van der Waals surface area contributed by atoms with Crippen LogP contribution in [0.25, 0.3) is 11.3 Å². The van der Waals surface area contributed by atoms with E-state index in [4.69, 9.17) is 9.15 Å². The van der Waals surface area contributed by atoms with Gasteiger partial charge in [0, 0.05) is 12.0 Å². The number of aryl methyl sites for hydroxylation is 3. The van der Waals surface area contributed by atoms with Crippen molar-refractivity contribution in [2.75, 3.05) is 6.61 Å². The minimum Gasteiger partial charge on any atom is -0.494 e. The monoisotopic (exact) mass is 430 g/mol. The Balaban J connectivity index is 1.66. The van der Waals surface area contributed by atoms with E-state index in [1.165, 1.54) is 17.7 Å². The maximum atomic E-state index is 12.8. The summed E-state index contributed by atoms with van der Waals surface area (Å²) in [5, 5.41) is 0. The quantitative estimate of drug-likeness (QED) is 0.305. The van der Waals surface area contributed by atoms with Crippen LogP contribution < -0.4 is 4.74 Å². The lowest BCUT2D eigenvalue weighted by Gasteiger charge is -2.07. The number of benzene rings is 2. The highest BCUT2D eigenvalue weighted by Gasteiger charge is 2.30. The molecule has 0 aliphatic heterocycles. The zero-order valence-corrected chi connectivity index (χ0v) is 18.1. The molecule has 0 atom stereocenters. The maximum absolute atomic E-state index is 12.8. The molecule has 0 amide bonds. The van der Waals surface area contributed by atoms with Crippen LogP contribution in [-0.2, 0) is 25.4 Å². The Kier molecular flexibility index (Phi) is 7.83. The van der Waals surface area contributed by atoms with Crippen molar-refractivity contribution in [2.45, 2.75) is 58.5 Å². The van der Waals surface area contributed by atoms with Gasteiger partial charge in [-0.05, 0) is 67.1 Å². The van der Waals surface area contributed by atoms with Gasteiger partial charge in [-0.3, -0.25) is 0 Å². The molecule has 0 bridgehead atoms. The highest BCUT2D eigenvalue weighted by Crippen LogP contribution is 2.33. The highest BCUT2D eigenvalue weighted by atomic mass is 19.4. The Labute approximate surface area is 182 Å². The Hall–Kier alpha value is -2.69. The summed E-state index contributed by atoms with van der Waals surface area (Å²) in [4.78, 5) is 0. The van der Waals surface area contributed by atoms with Gasteiger partial charge in [0.05, 0.1) is 12.2 Å². The van der Waals surface area contributed by atoms with Crippen LogP contribution in [0, 0.1) is 0 Å². The maximum Gasteiger partial charge on any atom is 0.416 e. The number of unbranched alkanes of at least 4 members (excludes halogenated alkanes) is 1. The van der Waals surface area contributed by atoms with Crippen molar-refractivity contribution in [1.29, 1.82) is 0 Å². The van der Waals surface area contributed by atoms with Gasteiger partial charge in [0.25, 0.3) is 0 Å². The third-order valence-corrected chi connectivity index (χ3v) is 5.32. The largest absolute Gasteiger partial charge is 0.494 e. The molecule has 2 aromatic carbocycles. The SMILES string of the molecule is CCCCc1oc(-c2ccc(C(F)(F)F)cc2)cc1CCCOc1cccc(CC)c1. The molecule has 31 heavy (non-hydrogen) atoms. The normalized spacial score (nSPS) is 11.6. The molecule has 3 rings (SSSR count). The third-order valence-electron chi connectivity index (χ3n) is 5.32. The second-order valence-electron chi connectivity index (χ2n) is 7.69. The average molecular weight is 431 g/mol. The molecule has 1 heterocycles. The summed E-state index contributed by atoms with van der Waals surface area (Å²) in [5.74, 6) is 2.42. The van der Waals surface area contributed by atoms with Gasteiger partial charge >= 0.3 is 6.18 Å². The number of rotatable bonds is 10. The van der Waals surface area contributed by atoms with Crippen LogP contribution in [0.4, 0.5) is 13.2 Å². The first-order valence-electron chi connectivity index (χ1n) is 10.9. The highest BCUT2D eigenvalue weighted by molar-refractivity contribution is 5.59. The van der Waals surface area contributed by atoms with E-state index < -0.39 is 11.7 Å². The van der Waals surface area contributed by atoms with Crippen LogP contribution in [0.15, 0.2) is 59.0 Å². The summed E-state index contributed by atoms with van der Waals surface area (Å²) < 4.78 is 50.4. The van der Waals surface area contributed by atoms with E-state index in [9.17, 15) is 13.2 Å². The van der Waals surface area contributed by atoms with Gasteiger partial charge in [0.15, 0.2) is 0 Å². The molecule has 0 aliphatic carbocycles. The number of ether oxygens (including phenoxy) is 1. The second-order valence-corrected chi connectivity index (χ2v) is 7.69. The van der Waals surface area contributed by atoms with E-state index in [1.807, 2.05) is 18.2 Å². The van der Waals surface area contributed by atoms with Gasteiger partial charge in [-0.2, -0.15) is 13.2 Å². The fraction of sp³-hybridized carbons (Fsp3) is 0.385. The molecular weight excluding hydrogens is 401 g/mol. The smallest absolute Gasteiger partial charge is 0.416 e. The van der Waals surface area contributed by atoms with Gasteiger partial charge in [0.2, 0.25) is 0 Å². The Morgan fingerprint density at radius 1 is 0.903 bits per heavy atom. The molecule has 0 N–H and O–H groups in total. The number of hydrogen-bond acceptors (Lipinski definition) is 2. The lowest BCUT2D eigenvalue weighted by atomic mass is 10.1. The molecule has 0 unspecified atom stereocenters. The number of halogens is 3. The predicted molar refractivity (Wildman–Crippen MR) is 117 cm³/mol. The second kappa shape index (κ2) is 10.6. The Morgan fingerprint density at radius 2 is 1.68 bits per heavy atom. The zero-order chi connectivity index (χ0) is 22.3. The van der Waals surface area contributed by atoms with Crippen molar-refractivity contribution in [3.63, 3.8) is 0 Å². The molecule has 0 spiro atoms. The topological polar surface area (TPSA) is 22.4 Å². The van der Waals surface area contributed by atoms with E-state index in [2.05, 4.69) is 26.0 Å². The third kappa shape index (κ3) is 6.39. The van der Waals surface area contributed by atoms with Crippen molar-refractivity contribution < 1.29 is 22.3 Å². The molecule has 0 radical (unpaired) electrons. The standard InChI is InChI=1S/C26H29F3O2/c1-3-5-11-24-21(9-7-16-30-23-10-6-8-19(4-2)17-23)18-25(31-24)20-12-14-22(15-13-20)26(27,28)29/h6,8,10,12-15,17-18H,3-5,7,9,11,16H2,1-2H3. The van der Waals surface area contributed by atoms with Crippen LogP contribution in [0.3, 0.4) is 0 Å². The van der Waals surface area contributed by atoms with Crippen LogP contribution in [-0.4, -0.2) is 6.61 Å². The van der Waals surface area contributed by atoms with Crippen LogP contribution in [0.2, 0.25) is 0 Å². The molecule has 1 aromatic heterocycles. The summed E-state index contributed by atoms with van der Waals surface area (Å²) in [6, 6.07) is 15.2. The van der Waals surface area contributed by atoms with Gasteiger partial charge in [-0.1, -0.05) is 44.5 Å². The average Bonchev–Trinajstić information content (AvgIpc) is 3.18. The molecule has 0 saturated heterocycles. The molecule has 3 aromatic rings. The minimum absolute atomic E-state index is 0.598. The molecule has 0 aliphatic rings. The lowest BCUT2D eigenvalue weighted by molar-refractivity contribution is -0.137. The van der Waals surface area contributed by atoms with Crippen LogP contribution in [0.5, 0.6) is 5.75 Å². The van der Waals surface area contributed by atoms with Gasteiger partial charge in [-0.15, -0.1) is 0 Å². The van der Waals surface area contributed by atoms with Crippen molar-refractivity contribution in [3.8, 4) is 17.1 Å². The lowest BCUT2D eigenvalue weighted by Crippen LogP contribution is -2.03. The first-order chi connectivity index (χ1) is 14.9. The number of hydrogen-bond donors (Lipinski definition) is 0. The zero-order valence-electron chi connectivity index (χ0n) is 18.1. The fourth-order valence-corrected chi connectivity index (χ4v) is 3.50. The molecule has 0 saturated carbocycles. The first-order valence-corrected chi connectivity index (χ1v) is 10.9. The van der Waals surface area contributed by atoms with Gasteiger partial charge < -0.3 is 9.15 Å². The summed E-state index contributed by atoms with van der Waals surface area (Å²) in [5.41, 5.74) is 2.35. The number of furan rings is 1. The molecule has 166 valence electrons. The van der Waals surface area contributed by atoms with E-state index in [1.54, 1.807) is 0 Å². The van der Waals surface area contributed by atoms with E-state index >= 15 is 0 Å². The summed E-state index contributed by atoms with van der Waals surface area (Å²) in [6.07, 6.45) is 1.15. The Morgan fingerprint density at radius 3 is 2.35 bits per heavy atom.